The minimum Gasteiger partial charge on any atom is -0.268 e. The van der Waals surface area contributed by atoms with E-state index in [2.05, 4.69) is 24.0 Å². The van der Waals surface area contributed by atoms with Crippen molar-refractivity contribution in [3.05, 3.63) is 27.7 Å². The Labute approximate surface area is 77.2 Å². The van der Waals surface area contributed by atoms with Crippen LogP contribution in [0.5, 0.6) is 0 Å². The second-order valence-corrected chi connectivity index (χ2v) is 4.00. The fourth-order valence-corrected chi connectivity index (χ4v) is 1.61. The van der Waals surface area contributed by atoms with E-state index >= 15 is 0 Å². The van der Waals surface area contributed by atoms with E-state index in [1.54, 1.807) is 6.07 Å². The Morgan fingerprint density at radius 1 is 1.54 bits per heavy atom. The average Bonchev–Trinajstić information content (AvgIpc) is 2.85. The van der Waals surface area contributed by atoms with Gasteiger partial charge in [-0.1, -0.05) is 13.8 Å². The summed E-state index contributed by atoms with van der Waals surface area (Å²) in [6, 6.07) is 1.71. The SMILES string of the molecule is CC(C)c1n[nH]c(=O)cc1C1CC1. The standard InChI is InChI=1S/C10H14N2O/c1-6(2)10-8(7-3-4-7)5-9(13)11-12-10/h5-7H,3-4H2,1-2H3,(H,11,13). The van der Waals surface area contributed by atoms with Crippen molar-refractivity contribution in [2.75, 3.05) is 0 Å². The molecule has 1 heterocycles. The smallest absolute Gasteiger partial charge is 0.264 e. The summed E-state index contributed by atoms with van der Waals surface area (Å²) in [4.78, 5) is 11.1. The quantitative estimate of drug-likeness (QED) is 0.750. The zero-order valence-corrected chi connectivity index (χ0v) is 8.00. The van der Waals surface area contributed by atoms with Crippen LogP contribution in [0, 0.1) is 0 Å². The molecule has 0 spiro atoms. The van der Waals surface area contributed by atoms with Crippen LogP contribution in [0.3, 0.4) is 0 Å². The molecule has 0 aromatic carbocycles. The van der Waals surface area contributed by atoms with Crippen molar-refractivity contribution >= 4 is 0 Å². The van der Waals surface area contributed by atoms with E-state index in [1.807, 2.05) is 0 Å². The van der Waals surface area contributed by atoms with E-state index < -0.39 is 0 Å². The van der Waals surface area contributed by atoms with Crippen LogP contribution in [-0.4, -0.2) is 10.2 Å². The zero-order valence-electron chi connectivity index (χ0n) is 8.00. The number of nitrogens with zero attached hydrogens (tertiary/aromatic N) is 1. The third-order valence-electron chi connectivity index (χ3n) is 2.43. The molecule has 0 bridgehead atoms. The molecule has 1 aliphatic carbocycles. The summed E-state index contributed by atoms with van der Waals surface area (Å²) < 4.78 is 0. The summed E-state index contributed by atoms with van der Waals surface area (Å²) in [5.74, 6) is 1.000. The number of H-pyrrole nitrogens is 1. The monoisotopic (exact) mass is 178 g/mol. The highest BCUT2D eigenvalue weighted by Gasteiger charge is 2.27. The maximum absolute atomic E-state index is 11.1. The molecule has 2 rings (SSSR count). The lowest BCUT2D eigenvalue weighted by molar-refractivity contribution is 0.752. The lowest BCUT2D eigenvalue weighted by Crippen LogP contribution is -2.12. The Hall–Kier alpha value is -1.12. The van der Waals surface area contributed by atoms with Crippen LogP contribution in [0.2, 0.25) is 0 Å². The number of hydrogen-bond acceptors (Lipinski definition) is 2. The zero-order chi connectivity index (χ0) is 9.42. The first-order valence-corrected chi connectivity index (χ1v) is 4.78. The van der Waals surface area contributed by atoms with Gasteiger partial charge >= 0.3 is 0 Å². The number of rotatable bonds is 2. The van der Waals surface area contributed by atoms with Gasteiger partial charge in [0, 0.05) is 6.07 Å². The molecule has 0 atom stereocenters. The Bertz CT molecular complexity index is 363. The van der Waals surface area contributed by atoms with Crippen molar-refractivity contribution in [1.82, 2.24) is 10.2 Å². The summed E-state index contributed by atoms with van der Waals surface area (Å²) >= 11 is 0. The van der Waals surface area contributed by atoms with Crippen molar-refractivity contribution in [3.8, 4) is 0 Å². The molecule has 0 unspecified atom stereocenters. The molecule has 1 N–H and O–H groups in total. The van der Waals surface area contributed by atoms with Gasteiger partial charge in [0.15, 0.2) is 0 Å². The highest BCUT2D eigenvalue weighted by atomic mass is 16.1. The fourth-order valence-electron chi connectivity index (χ4n) is 1.61. The molecule has 70 valence electrons. The van der Waals surface area contributed by atoms with Crippen LogP contribution in [0.15, 0.2) is 10.9 Å². The molecule has 1 aromatic rings. The molecule has 0 radical (unpaired) electrons. The summed E-state index contributed by atoms with van der Waals surface area (Å²) in [7, 11) is 0. The first kappa shape index (κ1) is 8.48. The van der Waals surface area contributed by atoms with Gasteiger partial charge in [-0.15, -0.1) is 0 Å². The van der Waals surface area contributed by atoms with E-state index in [0.29, 0.717) is 11.8 Å². The second-order valence-electron chi connectivity index (χ2n) is 4.00. The first-order valence-electron chi connectivity index (χ1n) is 4.78. The molecule has 1 aromatic heterocycles. The highest BCUT2D eigenvalue weighted by Crippen LogP contribution is 2.41. The van der Waals surface area contributed by atoms with E-state index in [0.717, 1.165) is 5.69 Å². The van der Waals surface area contributed by atoms with Gasteiger partial charge in [-0.3, -0.25) is 4.79 Å². The van der Waals surface area contributed by atoms with Gasteiger partial charge in [-0.2, -0.15) is 5.10 Å². The van der Waals surface area contributed by atoms with Crippen LogP contribution >= 0.6 is 0 Å². The predicted molar refractivity (Wildman–Crippen MR) is 50.9 cm³/mol. The maximum Gasteiger partial charge on any atom is 0.264 e. The van der Waals surface area contributed by atoms with Crippen LogP contribution in [0.1, 0.15) is 49.8 Å². The van der Waals surface area contributed by atoms with E-state index in [1.165, 1.54) is 18.4 Å². The highest BCUT2D eigenvalue weighted by molar-refractivity contribution is 5.28. The van der Waals surface area contributed by atoms with E-state index in [9.17, 15) is 4.79 Å². The average molecular weight is 178 g/mol. The molecule has 0 saturated heterocycles. The first-order chi connectivity index (χ1) is 6.18. The van der Waals surface area contributed by atoms with E-state index in [4.69, 9.17) is 0 Å². The molecule has 0 aliphatic heterocycles. The number of nitrogens with one attached hydrogen (secondary N) is 1. The molecule has 1 fully saturated rings. The van der Waals surface area contributed by atoms with Crippen LogP contribution in [0.4, 0.5) is 0 Å². The normalized spacial score (nSPS) is 16.5. The predicted octanol–water partition coefficient (Wildman–Crippen LogP) is 1.77. The third-order valence-corrected chi connectivity index (χ3v) is 2.43. The minimum atomic E-state index is -0.0775. The summed E-state index contributed by atoms with van der Waals surface area (Å²) in [5.41, 5.74) is 2.15. The third kappa shape index (κ3) is 1.64. The van der Waals surface area contributed by atoms with Crippen molar-refractivity contribution in [2.45, 2.75) is 38.5 Å². The van der Waals surface area contributed by atoms with Crippen molar-refractivity contribution in [3.63, 3.8) is 0 Å². The molecule has 1 aliphatic rings. The minimum absolute atomic E-state index is 0.0775. The van der Waals surface area contributed by atoms with Gasteiger partial charge in [-0.05, 0) is 30.2 Å². The molecule has 1 saturated carbocycles. The van der Waals surface area contributed by atoms with Gasteiger partial charge in [0.2, 0.25) is 0 Å². The van der Waals surface area contributed by atoms with Crippen LogP contribution in [0.25, 0.3) is 0 Å². The van der Waals surface area contributed by atoms with Crippen LogP contribution < -0.4 is 5.56 Å². The van der Waals surface area contributed by atoms with Crippen molar-refractivity contribution in [2.24, 2.45) is 0 Å². The Morgan fingerprint density at radius 2 is 2.23 bits per heavy atom. The summed E-state index contributed by atoms with van der Waals surface area (Å²) in [5, 5.41) is 6.60. The Morgan fingerprint density at radius 3 is 2.77 bits per heavy atom. The van der Waals surface area contributed by atoms with Crippen molar-refractivity contribution < 1.29 is 0 Å². The lowest BCUT2D eigenvalue weighted by Gasteiger charge is -2.08. The molecule has 13 heavy (non-hydrogen) atoms. The number of aromatic nitrogens is 2. The van der Waals surface area contributed by atoms with Gasteiger partial charge in [-0.25, -0.2) is 5.10 Å². The van der Waals surface area contributed by atoms with E-state index in [-0.39, 0.29) is 5.56 Å². The van der Waals surface area contributed by atoms with Crippen molar-refractivity contribution in [1.29, 1.82) is 0 Å². The van der Waals surface area contributed by atoms with Gasteiger partial charge in [0.25, 0.3) is 5.56 Å². The van der Waals surface area contributed by atoms with Gasteiger partial charge in [0.05, 0.1) is 5.69 Å². The maximum atomic E-state index is 11.1. The number of hydrogen-bond donors (Lipinski definition) is 1. The van der Waals surface area contributed by atoms with Gasteiger partial charge < -0.3 is 0 Å². The van der Waals surface area contributed by atoms with Crippen LogP contribution in [-0.2, 0) is 0 Å². The summed E-state index contributed by atoms with van der Waals surface area (Å²) in [6.07, 6.45) is 2.43. The second kappa shape index (κ2) is 2.98. The molecule has 3 heteroatoms. The summed E-state index contributed by atoms with van der Waals surface area (Å²) in [6.45, 7) is 4.21. The largest absolute Gasteiger partial charge is 0.268 e. The molecular weight excluding hydrogens is 164 g/mol. The lowest BCUT2D eigenvalue weighted by atomic mass is 10.0. The molecule has 3 nitrogen and oxygen atoms in total. The molecule has 0 amide bonds. The number of aromatic amines is 1. The Kier molecular flexibility index (Phi) is 1.94. The Balaban J connectivity index is 2.48. The fraction of sp³-hybridized carbons (Fsp3) is 0.600. The topological polar surface area (TPSA) is 45.8 Å². The van der Waals surface area contributed by atoms with Gasteiger partial charge in [0.1, 0.15) is 0 Å². The molecular formula is C10H14N2O.